The van der Waals surface area contributed by atoms with Crippen LogP contribution in [-0.4, -0.2) is 14.5 Å². The lowest BCUT2D eigenvalue weighted by atomic mass is 10.2. The van der Waals surface area contributed by atoms with E-state index in [4.69, 9.17) is 16.2 Å². The summed E-state index contributed by atoms with van der Waals surface area (Å²) in [5, 5.41) is 3.92. The maximum atomic E-state index is 14.8. The van der Waals surface area contributed by atoms with Gasteiger partial charge in [-0.15, -0.1) is 0 Å². The third-order valence-electron chi connectivity index (χ3n) is 5.32. The van der Waals surface area contributed by atoms with Crippen molar-refractivity contribution in [3.8, 4) is 17.2 Å². The van der Waals surface area contributed by atoms with E-state index in [0.29, 0.717) is 22.1 Å². The number of pyridine rings is 3. The first-order chi connectivity index (χ1) is 16.9. The molecule has 0 saturated heterocycles. The number of halogens is 2. The summed E-state index contributed by atoms with van der Waals surface area (Å²) in [5.74, 6) is -0.658. The number of anilines is 4. The second-order valence-electron chi connectivity index (χ2n) is 7.57. The highest BCUT2D eigenvalue weighted by Crippen LogP contribution is 2.33. The maximum Gasteiger partial charge on any atom is 0.266 e. The summed E-state index contributed by atoms with van der Waals surface area (Å²) < 4.78 is 35.1. The van der Waals surface area contributed by atoms with Crippen LogP contribution in [0.25, 0.3) is 16.5 Å². The van der Waals surface area contributed by atoms with Crippen molar-refractivity contribution in [2.75, 3.05) is 16.8 Å². The molecule has 0 aliphatic carbocycles. The van der Waals surface area contributed by atoms with Crippen LogP contribution in [-0.2, 0) is 0 Å². The highest BCUT2D eigenvalue weighted by Gasteiger charge is 2.14. The lowest BCUT2D eigenvalue weighted by Gasteiger charge is -2.13. The predicted octanol–water partition coefficient (Wildman–Crippen LogP) is 4.76. The van der Waals surface area contributed by atoms with Crippen LogP contribution in [0.3, 0.4) is 0 Å². The largest absolute Gasteiger partial charge is 0.452 e. The molecule has 0 spiro atoms. The van der Waals surface area contributed by atoms with E-state index in [1.54, 1.807) is 24.4 Å². The van der Waals surface area contributed by atoms with Crippen LogP contribution in [0.5, 0.6) is 11.5 Å². The van der Waals surface area contributed by atoms with Gasteiger partial charge >= 0.3 is 0 Å². The van der Waals surface area contributed by atoms with Crippen LogP contribution in [0.1, 0.15) is 0 Å². The van der Waals surface area contributed by atoms with E-state index < -0.39 is 11.6 Å². The molecule has 5 N–H and O–H groups in total. The van der Waals surface area contributed by atoms with Crippen LogP contribution in [0, 0.1) is 11.6 Å². The van der Waals surface area contributed by atoms with E-state index in [2.05, 4.69) is 15.3 Å². The topological polar surface area (TPSA) is 121 Å². The van der Waals surface area contributed by atoms with E-state index in [9.17, 15) is 13.6 Å². The van der Waals surface area contributed by atoms with Gasteiger partial charge in [-0.05, 0) is 53.9 Å². The quantitative estimate of drug-likeness (QED) is 0.337. The Bertz CT molecular complexity index is 1620. The van der Waals surface area contributed by atoms with Gasteiger partial charge in [-0.1, -0.05) is 0 Å². The maximum absolute atomic E-state index is 14.8. The summed E-state index contributed by atoms with van der Waals surface area (Å²) in [6.45, 7) is 0. The molecule has 8 nitrogen and oxygen atoms in total. The Labute approximate surface area is 197 Å². The summed E-state index contributed by atoms with van der Waals surface area (Å²) in [5.41, 5.74) is 12.1. The van der Waals surface area contributed by atoms with Gasteiger partial charge < -0.3 is 21.5 Å². The number of nitrogens with one attached hydrogen (secondary N) is 1. The number of aromatic nitrogens is 3. The summed E-state index contributed by atoms with van der Waals surface area (Å²) >= 11 is 0. The van der Waals surface area contributed by atoms with Gasteiger partial charge in [0.15, 0.2) is 17.3 Å². The molecule has 10 heteroatoms. The molecule has 174 valence electrons. The van der Waals surface area contributed by atoms with Gasteiger partial charge in [0, 0.05) is 42.1 Å². The lowest BCUT2D eigenvalue weighted by Crippen LogP contribution is -2.19. The minimum absolute atomic E-state index is 0.0719. The fourth-order valence-electron chi connectivity index (χ4n) is 3.56. The molecule has 0 aliphatic heterocycles. The van der Waals surface area contributed by atoms with Crippen LogP contribution in [0.2, 0.25) is 0 Å². The Morgan fingerprint density at radius 2 is 1.66 bits per heavy atom. The summed E-state index contributed by atoms with van der Waals surface area (Å²) in [4.78, 5) is 21.4. The Morgan fingerprint density at radius 1 is 0.886 bits per heavy atom. The zero-order chi connectivity index (χ0) is 24.5. The summed E-state index contributed by atoms with van der Waals surface area (Å²) in [7, 11) is 0. The average molecular weight is 472 g/mol. The van der Waals surface area contributed by atoms with Crippen molar-refractivity contribution < 1.29 is 13.5 Å². The molecule has 0 amide bonds. The molecule has 0 aliphatic rings. The molecule has 0 fully saturated rings. The van der Waals surface area contributed by atoms with Crippen LogP contribution < -0.4 is 27.1 Å². The number of rotatable bonds is 5. The number of fused-ring (bicyclic) bond motifs is 1. The van der Waals surface area contributed by atoms with Crippen LogP contribution >= 0.6 is 0 Å². The fourth-order valence-corrected chi connectivity index (χ4v) is 3.56. The average Bonchev–Trinajstić information content (AvgIpc) is 2.84. The van der Waals surface area contributed by atoms with Crippen molar-refractivity contribution in [1.82, 2.24) is 14.5 Å². The Hall–Kier alpha value is -4.99. The number of nitrogen functional groups attached to an aromatic ring is 2. The highest BCUT2D eigenvalue weighted by molar-refractivity contribution is 5.92. The summed E-state index contributed by atoms with van der Waals surface area (Å²) in [6.07, 6.45) is 4.54. The zero-order valence-electron chi connectivity index (χ0n) is 18.1. The fraction of sp³-hybridized carbons (Fsp3) is 0. The SMILES string of the molecule is Nc1nccc(Oc2ccc(Nc3nccc4ccn(-c5ccc(F)cc5)c(=O)c34)cc2F)c1N. The second kappa shape index (κ2) is 8.75. The smallest absolute Gasteiger partial charge is 0.266 e. The molecular formula is C25H18F2N6O2. The van der Waals surface area contributed by atoms with E-state index >= 15 is 0 Å². The Kier molecular flexibility index (Phi) is 5.46. The van der Waals surface area contributed by atoms with Crippen molar-refractivity contribution >= 4 is 33.8 Å². The molecule has 0 atom stereocenters. The zero-order valence-corrected chi connectivity index (χ0v) is 18.1. The van der Waals surface area contributed by atoms with E-state index in [1.807, 2.05) is 0 Å². The van der Waals surface area contributed by atoms with Gasteiger partial charge in [-0.2, -0.15) is 0 Å². The molecule has 0 saturated carbocycles. The van der Waals surface area contributed by atoms with Crippen LogP contribution in [0.4, 0.5) is 31.8 Å². The minimum atomic E-state index is -0.672. The Morgan fingerprint density at radius 3 is 2.43 bits per heavy atom. The number of ether oxygens (including phenoxy) is 1. The Balaban J connectivity index is 1.49. The lowest BCUT2D eigenvalue weighted by molar-refractivity contribution is 0.444. The molecule has 35 heavy (non-hydrogen) atoms. The first-order valence-electron chi connectivity index (χ1n) is 10.4. The number of hydrogen-bond donors (Lipinski definition) is 3. The molecule has 2 aromatic carbocycles. The van der Waals surface area contributed by atoms with E-state index in [-0.39, 0.29) is 34.4 Å². The van der Waals surface area contributed by atoms with Crippen molar-refractivity contribution in [3.05, 3.63) is 101 Å². The van der Waals surface area contributed by atoms with Crippen molar-refractivity contribution in [2.45, 2.75) is 0 Å². The van der Waals surface area contributed by atoms with Gasteiger partial charge in [-0.3, -0.25) is 9.36 Å². The number of nitrogens with zero attached hydrogens (tertiary/aromatic N) is 3. The van der Waals surface area contributed by atoms with Crippen molar-refractivity contribution in [2.24, 2.45) is 0 Å². The predicted molar refractivity (Wildman–Crippen MR) is 130 cm³/mol. The summed E-state index contributed by atoms with van der Waals surface area (Å²) in [6, 6.07) is 14.7. The molecule has 0 unspecified atom stereocenters. The van der Waals surface area contributed by atoms with E-state index in [1.165, 1.54) is 59.4 Å². The van der Waals surface area contributed by atoms with Crippen LogP contribution in [0.15, 0.2) is 84.0 Å². The van der Waals surface area contributed by atoms with Gasteiger partial charge in [0.1, 0.15) is 23.1 Å². The third kappa shape index (κ3) is 4.20. The number of benzene rings is 2. The van der Waals surface area contributed by atoms with Gasteiger partial charge in [0.25, 0.3) is 5.56 Å². The first kappa shape index (κ1) is 21.8. The standard InChI is InChI=1S/C25H18F2N6O2/c26-15-1-4-17(5-2-15)33-12-9-14-7-10-31-24(21(14)25(33)34)32-16-3-6-19(18(27)13-16)35-20-8-11-30-23(29)22(20)28/h1-13H,28H2,(H2,29,30)(H,31,32). The molecule has 3 heterocycles. The molecular weight excluding hydrogens is 454 g/mol. The molecule has 5 aromatic rings. The van der Waals surface area contributed by atoms with E-state index in [0.717, 1.165) is 0 Å². The monoisotopic (exact) mass is 472 g/mol. The van der Waals surface area contributed by atoms with Crippen molar-refractivity contribution in [3.63, 3.8) is 0 Å². The molecule has 5 rings (SSSR count). The van der Waals surface area contributed by atoms with Gasteiger partial charge in [-0.25, -0.2) is 18.7 Å². The third-order valence-corrected chi connectivity index (χ3v) is 5.32. The first-order valence-corrected chi connectivity index (χ1v) is 10.4. The molecule has 0 bridgehead atoms. The highest BCUT2D eigenvalue weighted by atomic mass is 19.1. The number of hydrogen-bond acceptors (Lipinski definition) is 7. The molecule has 0 radical (unpaired) electrons. The van der Waals surface area contributed by atoms with Crippen molar-refractivity contribution in [1.29, 1.82) is 0 Å². The number of nitrogens with two attached hydrogens (primary N) is 2. The molecule has 3 aromatic heterocycles. The van der Waals surface area contributed by atoms with Gasteiger partial charge in [0.2, 0.25) is 0 Å². The normalized spacial score (nSPS) is 10.9. The van der Waals surface area contributed by atoms with Gasteiger partial charge in [0.05, 0.1) is 5.39 Å². The minimum Gasteiger partial charge on any atom is -0.452 e. The second-order valence-corrected chi connectivity index (χ2v) is 7.57.